The fraction of sp³-hybridized carbons (Fsp3) is 0.520. The number of ether oxygens (including phenoxy) is 1. The second kappa shape index (κ2) is 8.99. The van der Waals surface area contributed by atoms with Gasteiger partial charge in [-0.3, -0.25) is 0 Å². The van der Waals surface area contributed by atoms with Crippen molar-refractivity contribution in [3.63, 3.8) is 0 Å². The van der Waals surface area contributed by atoms with E-state index < -0.39 is 29.9 Å². The normalized spacial score (nSPS) is 26.1. The molecule has 2 fully saturated rings. The predicted molar refractivity (Wildman–Crippen MR) is 110 cm³/mol. The molecular weight excluding hydrogens is 430 g/mol. The molecule has 2 saturated carbocycles. The number of fused-ring (bicyclic) bond motifs is 1. The van der Waals surface area contributed by atoms with Crippen LogP contribution in [0.2, 0.25) is 0 Å². The first-order chi connectivity index (χ1) is 15.1. The highest BCUT2D eigenvalue weighted by atomic mass is 19.3. The summed E-state index contributed by atoms with van der Waals surface area (Å²) in [7, 11) is 0. The van der Waals surface area contributed by atoms with Crippen molar-refractivity contribution in [2.24, 2.45) is 17.8 Å². The third-order valence-electron chi connectivity index (χ3n) is 7.08. The molecule has 0 radical (unpaired) electrons. The van der Waals surface area contributed by atoms with E-state index in [0.29, 0.717) is 11.5 Å². The van der Waals surface area contributed by atoms with Crippen LogP contribution < -0.4 is 4.74 Å². The standard InChI is InChI=1S/C25H26F6O/c1-14-2-3-19-11-18(9-8-17(19)10-14)15-4-6-16(7-5-15)20-12-21(26)23(22(27)13-20)32-25(30,31)24(28)29/h4-7,12-14,17-19,24H,2-3,8-11H2,1H3. The molecule has 2 aliphatic rings. The lowest BCUT2D eigenvalue weighted by atomic mass is 9.64. The summed E-state index contributed by atoms with van der Waals surface area (Å²) in [6.45, 7) is 2.33. The summed E-state index contributed by atoms with van der Waals surface area (Å²) in [6, 6.07) is 8.99. The lowest BCUT2D eigenvalue weighted by Gasteiger charge is -2.41. The van der Waals surface area contributed by atoms with Gasteiger partial charge in [0, 0.05) is 0 Å². The van der Waals surface area contributed by atoms with Crippen LogP contribution in [0.5, 0.6) is 5.75 Å². The summed E-state index contributed by atoms with van der Waals surface area (Å²) in [6.07, 6.45) is -1.81. The molecule has 2 aliphatic carbocycles. The zero-order valence-corrected chi connectivity index (χ0v) is 17.8. The minimum absolute atomic E-state index is 0.115. The van der Waals surface area contributed by atoms with Gasteiger partial charge in [0.1, 0.15) is 0 Å². The molecular formula is C25H26F6O. The fourth-order valence-electron chi connectivity index (χ4n) is 5.38. The molecule has 7 heteroatoms. The second-order valence-electron chi connectivity index (χ2n) is 9.30. The molecule has 1 nitrogen and oxygen atoms in total. The Hall–Kier alpha value is -2.18. The van der Waals surface area contributed by atoms with Gasteiger partial charge in [0.25, 0.3) is 0 Å². The zero-order valence-electron chi connectivity index (χ0n) is 17.8. The first-order valence-corrected chi connectivity index (χ1v) is 11.1. The molecule has 0 heterocycles. The summed E-state index contributed by atoms with van der Waals surface area (Å²) in [5.41, 5.74) is 1.80. The van der Waals surface area contributed by atoms with Crippen LogP contribution in [0.25, 0.3) is 11.1 Å². The first kappa shape index (κ1) is 23.0. The van der Waals surface area contributed by atoms with E-state index in [1.54, 1.807) is 12.1 Å². The Morgan fingerprint density at radius 1 is 0.844 bits per heavy atom. The molecule has 0 aromatic heterocycles. The second-order valence-corrected chi connectivity index (χ2v) is 9.30. The van der Waals surface area contributed by atoms with Gasteiger partial charge in [0.05, 0.1) is 0 Å². The van der Waals surface area contributed by atoms with Crippen LogP contribution in [0, 0.1) is 29.4 Å². The van der Waals surface area contributed by atoms with Crippen LogP contribution in [-0.4, -0.2) is 12.5 Å². The highest BCUT2D eigenvalue weighted by molar-refractivity contribution is 5.65. The molecule has 0 N–H and O–H groups in total. The number of halogens is 6. The van der Waals surface area contributed by atoms with Crippen molar-refractivity contribution in [1.82, 2.24) is 0 Å². The summed E-state index contributed by atoms with van der Waals surface area (Å²) in [5.74, 6) is -1.60. The lowest BCUT2D eigenvalue weighted by Crippen LogP contribution is -2.34. The monoisotopic (exact) mass is 456 g/mol. The third kappa shape index (κ3) is 4.76. The average Bonchev–Trinajstić information content (AvgIpc) is 2.76. The number of benzene rings is 2. The maximum absolute atomic E-state index is 14.2. The van der Waals surface area contributed by atoms with Crippen molar-refractivity contribution >= 4 is 0 Å². The van der Waals surface area contributed by atoms with Gasteiger partial charge < -0.3 is 4.74 Å². The van der Waals surface area contributed by atoms with Gasteiger partial charge in [-0.2, -0.15) is 17.6 Å². The molecule has 32 heavy (non-hydrogen) atoms. The molecule has 0 bridgehead atoms. The zero-order chi connectivity index (χ0) is 23.0. The maximum atomic E-state index is 14.2. The topological polar surface area (TPSA) is 9.23 Å². The minimum atomic E-state index is -4.99. The Kier molecular flexibility index (Phi) is 6.46. The van der Waals surface area contributed by atoms with E-state index in [9.17, 15) is 26.3 Å². The summed E-state index contributed by atoms with van der Waals surface area (Å²) in [5, 5.41) is 0. The van der Waals surface area contributed by atoms with Crippen LogP contribution >= 0.6 is 0 Å². The Morgan fingerprint density at radius 3 is 2.06 bits per heavy atom. The molecule has 0 aliphatic heterocycles. The van der Waals surface area contributed by atoms with Crippen molar-refractivity contribution in [2.45, 2.75) is 63.9 Å². The molecule has 0 amide bonds. The molecule has 4 atom stereocenters. The Balaban J connectivity index is 1.48. The van der Waals surface area contributed by atoms with Gasteiger partial charge in [0.15, 0.2) is 17.4 Å². The van der Waals surface area contributed by atoms with Crippen molar-refractivity contribution in [2.75, 3.05) is 0 Å². The number of hydrogen-bond acceptors (Lipinski definition) is 1. The summed E-state index contributed by atoms with van der Waals surface area (Å²) < 4.78 is 82.7. The van der Waals surface area contributed by atoms with Crippen LogP contribution in [0.1, 0.15) is 56.9 Å². The van der Waals surface area contributed by atoms with Crippen LogP contribution in [0.15, 0.2) is 36.4 Å². The number of rotatable bonds is 5. The maximum Gasteiger partial charge on any atom is 0.461 e. The van der Waals surface area contributed by atoms with E-state index in [2.05, 4.69) is 11.7 Å². The summed E-state index contributed by atoms with van der Waals surface area (Å²) >= 11 is 0. The first-order valence-electron chi connectivity index (χ1n) is 11.1. The number of alkyl halides is 4. The predicted octanol–water partition coefficient (Wildman–Crippen LogP) is 8.19. The molecule has 4 unspecified atom stereocenters. The molecule has 4 rings (SSSR count). The Bertz CT molecular complexity index is 919. The molecule has 0 saturated heterocycles. The van der Waals surface area contributed by atoms with Gasteiger partial charge in [-0.15, -0.1) is 0 Å². The van der Waals surface area contributed by atoms with E-state index in [0.717, 1.165) is 42.7 Å². The highest BCUT2D eigenvalue weighted by Crippen LogP contribution is 2.47. The van der Waals surface area contributed by atoms with E-state index in [1.807, 2.05) is 12.1 Å². The lowest BCUT2D eigenvalue weighted by molar-refractivity contribution is -0.255. The van der Waals surface area contributed by atoms with E-state index in [4.69, 9.17) is 0 Å². The van der Waals surface area contributed by atoms with Crippen LogP contribution in [0.3, 0.4) is 0 Å². The Morgan fingerprint density at radius 2 is 1.44 bits per heavy atom. The van der Waals surface area contributed by atoms with Crippen molar-refractivity contribution in [3.8, 4) is 16.9 Å². The smallest absolute Gasteiger partial charge is 0.422 e. The van der Waals surface area contributed by atoms with Crippen molar-refractivity contribution < 1.29 is 31.1 Å². The SMILES string of the molecule is CC1CCC2CC(c3ccc(-c4cc(F)c(OC(F)(F)C(F)F)c(F)c4)cc3)CCC2C1. The molecule has 174 valence electrons. The van der Waals surface area contributed by atoms with E-state index in [1.165, 1.54) is 31.2 Å². The van der Waals surface area contributed by atoms with Crippen LogP contribution in [0.4, 0.5) is 26.3 Å². The van der Waals surface area contributed by atoms with Gasteiger partial charge in [-0.1, -0.05) is 37.6 Å². The van der Waals surface area contributed by atoms with Gasteiger partial charge in [-0.25, -0.2) is 8.78 Å². The van der Waals surface area contributed by atoms with Crippen molar-refractivity contribution in [1.29, 1.82) is 0 Å². The highest BCUT2D eigenvalue weighted by Gasteiger charge is 2.45. The quantitative estimate of drug-likeness (QED) is 0.412. The van der Waals surface area contributed by atoms with Gasteiger partial charge in [-0.05, 0) is 84.6 Å². The average molecular weight is 456 g/mol. The minimum Gasteiger partial charge on any atom is -0.422 e. The summed E-state index contributed by atoms with van der Waals surface area (Å²) in [4.78, 5) is 0. The van der Waals surface area contributed by atoms with Crippen LogP contribution in [-0.2, 0) is 0 Å². The van der Waals surface area contributed by atoms with E-state index in [-0.39, 0.29) is 5.56 Å². The molecule has 2 aromatic rings. The molecule has 0 spiro atoms. The van der Waals surface area contributed by atoms with E-state index >= 15 is 0 Å². The molecule has 2 aromatic carbocycles. The van der Waals surface area contributed by atoms with Gasteiger partial charge >= 0.3 is 12.5 Å². The number of hydrogen-bond donors (Lipinski definition) is 0. The Labute approximate surface area is 183 Å². The fourth-order valence-corrected chi connectivity index (χ4v) is 5.38. The van der Waals surface area contributed by atoms with Gasteiger partial charge in [0.2, 0.25) is 0 Å². The van der Waals surface area contributed by atoms with Crippen molar-refractivity contribution in [3.05, 3.63) is 53.6 Å². The third-order valence-corrected chi connectivity index (χ3v) is 7.08. The largest absolute Gasteiger partial charge is 0.461 e.